The number of anilines is 1. The lowest BCUT2D eigenvalue weighted by Gasteiger charge is -2.11. The smallest absolute Gasteiger partial charge is 0.306 e. The number of carbonyl (C=O) groups is 2. The Kier molecular flexibility index (Phi) is 5.39. The lowest BCUT2D eigenvalue weighted by Crippen LogP contribution is -2.21. The molecule has 110 valence electrons. The van der Waals surface area contributed by atoms with E-state index in [2.05, 4.69) is 15.5 Å². The van der Waals surface area contributed by atoms with Crippen LogP contribution in [0.3, 0.4) is 0 Å². The molecule has 1 unspecified atom stereocenters. The highest BCUT2D eigenvalue weighted by atomic mass is 32.1. The summed E-state index contributed by atoms with van der Waals surface area (Å²) in [5.74, 6) is -0.781. The summed E-state index contributed by atoms with van der Waals surface area (Å²) in [6, 6.07) is 9.69. The molecule has 0 fully saturated rings. The van der Waals surface area contributed by atoms with Crippen LogP contribution in [-0.4, -0.2) is 28.7 Å². The Morgan fingerprint density at radius 2 is 2.10 bits per heavy atom. The first-order chi connectivity index (χ1) is 10.1. The van der Waals surface area contributed by atoms with Crippen molar-refractivity contribution in [2.45, 2.75) is 19.3 Å². The van der Waals surface area contributed by atoms with Crippen molar-refractivity contribution in [1.29, 1.82) is 0 Å². The highest BCUT2D eigenvalue weighted by Gasteiger charge is 2.14. The van der Waals surface area contributed by atoms with E-state index in [1.165, 1.54) is 16.8 Å². The van der Waals surface area contributed by atoms with Crippen molar-refractivity contribution in [2.24, 2.45) is 0 Å². The summed E-state index contributed by atoms with van der Waals surface area (Å²) < 4.78 is 4.95. The van der Waals surface area contributed by atoms with E-state index in [0.717, 1.165) is 5.56 Å². The van der Waals surface area contributed by atoms with Gasteiger partial charge in [-0.2, -0.15) is 0 Å². The predicted molar refractivity (Wildman–Crippen MR) is 79.0 cm³/mol. The van der Waals surface area contributed by atoms with Gasteiger partial charge in [0.05, 0.1) is 6.42 Å². The number of amides is 1. The minimum atomic E-state index is -0.424. The molecule has 7 heteroatoms. The molecule has 0 saturated carbocycles. The number of nitrogens with zero attached hydrogens (tertiary/aromatic N) is 2. The van der Waals surface area contributed by atoms with Crippen molar-refractivity contribution < 1.29 is 14.3 Å². The second kappa shape index (κ2) is 7.49. The molecule has 1 aromatic heterocycles. The van der Waals surface area contributed by atoms with Gasteiger partial charge in [0.2, 0.25) is 5.13 Å². The minimum Gasteiger partial charge on any atom is -0.456 e. The Balaban J connectivity index is 1.73. The van der Waals surface area contributed by atoms with Gasteiger partial charge in [0.15, 0.2) is 6.61 Å². The third-order valence-electron chi connectivity index (χ3n) is 2.81. The zero-order chi connectivity index (χ0) is 15.1. The molecule has 1 heterocycles. The number of hydrogen-bond acceptors (Lipinski definition) is 6. The summed E-state index contributed by atoms with van der Waals surface area (Å²) in [4.78, 5) is 23.2. The van der Waals surface area contributed by atoms with Crippen LogP contribution in [0.5, 0.6) is 0 Å². The van der Waals surface area contributed by atoms with Crippen molar-refractivity contribution >= 4 is 28.3 Å². The van der Waals surface area contributed by atoms with Crippen molar-refractivity contribution in [1.82, 2.24) is 10.2 Å². The van der Waals surface area contributed by atoms with Gasteiger partial charge in [-0.25, -0.2) is 0 Å². The maximum absolute atomic E-state index is 11.7. The van der Waals surface area contributed by atoms with E-state index >= 15 is 0 Å². The summed E-state index contributed by atoms with van der Waals surface area (Å²) in [5, 5.41) is 10.1. The van der Waals surface area contributed by atoms with Crippen molar-refractivity contribution in [3.05, 3.63) is 41.4 Å². The predicted octanol–water partition coefficient (Wildman–Crippen LogP) is 2.21. The summed E-state index contributed by atoms with van der Waals surface area (Å²) in [6.45, 7) is 1.62. The molecule has 0 saturated heterocycles. The average Bonchev–Trinajstić information content (AvgIpc) is 2.99. The molecule has 1 amide bonds. The van der Waals surface area contributed by atoms with Gasteiger partial charge in [0.25, 0.3) is 5.91 Å². The molecule has 2 aromatic rings. The molecule has 0 radical (unpaired) electrons. The Labute approximate surface area is 126 Å². The average molecular weight is 305 g/mol. The van der Waals surface area contributed by atoms with Crippen molar-refractivity contribution in [2.75, 3.05) is 11.9 Å². The number of rotatable bonds is 6. The van der Waals surface area contributed by atoms with Gasteiger partial charge in [-0.15, -0.1) is 10.2 Å². The molecular weight excluding hydrogens is 290 g/mol. The molecule has 1 N–H and O–H groups in total. The van der Waals surface area contributed by atoms with Crippen LogP contribution in [0.1, 0.15) is 24.8 Å². The van der Waals surface area contributed by atoms with Crippen LogP contribution >= 0.6 is 11.3 Å². The summed E-state index contributed by atoms with van der Waals surface area (Å²) in [5.41, 5.74) is 2.57. The molecule has 2 rings (SSSR count). The summed E-state index contributed by atoms with van der Waals surface area (Å²) >= 11 is 1.20. The molecule has 1 atom stereocenters. The molecule has 0 spiro atoms. The van der Waals surface area contributed by atoms with Gasteiger partial charge in [-0.3, -0.25) is 14.9 Å². The van der Waals surface area contributed by atoms with Crippen molar-refractivity contribution in [3.63, 3.8) is 0 Å². The van der Waals surface area contributed by atoms with E-state index in [4.69, 9.17) is 4.74 Å². The standard InChI is InChI=1S/C14H15N3O3S/c1-10(11-5-3-2-4-6-11)7-13(19)20-8-12(18)16-14-17-15-9-21-14/h2-6,9-10H,7-8H2,1H3,(H,16,17,18). The molecule has 0 aliphatic heterocycles. The van der Waals surface area contributed by atoms with Crippen LogP contribution in [-0.2, 0) is 14.3 Å². The normalized spacial score (nSPS) is 11.7. The Morgan fingerprint density at radius 1 is 1.33 bits per heavy atom. The third kappa shape index (κ3) is 4.96. The number of aromatic nitrogens is 2. The van der Waals surface area contributed by atoms with E-state index in [0.29, 0.717) is 5.13 Å². The van der Waals surface area contributed by atoms with Crippen LogP contribution in [0.15, 0.2) is 35.8 Å². The number of hydrogen-bond donors (Lipinski definition) is 1. The lowest BCUT2D eigenvalue weighted by molar-refractivity contribution is -0.147. The first-order valence-corrected chi connectivity index (χ1v) is 7.29. The first kappa shape index (κ1) is 15.1. The lowest BCUT2D eigenvalue weighted by atomic mass is 9.98. The third-order valence-corrected chi connectivity index (χ3v) is 3.42. The van der Waals surface area contributed by atoms with E-state index < -0.39 is 11.9 Å². The van der Waals surface area contributed by atoms with E-state index in [1.54, 1.807) is 0 Å². The molecule has 0 aliphatic rings. The fraction of sp³-hybridized carbons (Fsp3) is 0.286. The van der Waals surface area contributed by atoms with Crippen molar-refractivity contribution in [3.8, 4) is 0 Å². The van der Waals surface area contributed by atoms with E-state index in [-0.39, 0.29) is 18.9 Å². The largest absolute Gasteiger partial charge is 0.456 e. The van der Waals surface area contributed by atoms with Gasteiger partial charge in [-0.1, -0.05) is 48.6 Å². The SMILES string of the molecule is CC(CC(=O)OCC(=O)Nc1nncs1)c1ccccc1. The van der Waals surface area contributed by atoms with E-state index in [9.17, 15) is 9.59 Å². The maximum atomic E-state index is 11.7. The highest BCUT2D eigenvalue weighted by molar-refractivity contribution is 7.13. The number of carbonyl (C=O) groups excluding carboxylic acids is 2. The zero-order valence-corrected chi connectivity index (χ0v) is 12.3. The van der Waals surface area contributed by atoms with Gasteiger partial charge < -0.3 is 4.74 Å². The summed E-state index contributed by atoms with van der Waals surface area (Å²) in [6.07, 6.45) is 0.232. The number of nitrogens with one attached hydrogen (secondary N) is 1. The second-order valence-electron chi connectivity index (χ2n) is 4.47. The Morgan fingerprint density at radius 3 is 2.76 bits per heavy atom. The van der Waals surface area contributed by atoms with E-state index in [1.807, 2.05) is 37.3 Å². The molecule has 21 heavy (non-hydrogen) atoms. The fourth-order valence-corrected chi connectivity index (χ4v) is 2.20. The quantitative estimate of drug-likeness (QED) is 0.828. The van der Waals surface area contributed by atoms with Gasteiger partial charge >= 0.3 is 5.97 Å². The van der Waals surface area contributed by atoms with Crippen LogP contribution in [0, 0.1) is 0 Å². The Bertz CT molecular complexity index is 587. The topological polar surface area (TPSA) is 81.2 Å². The van der Waals surface area contributed by atoms with Crippen LogP contribution in [0.25, 0.3) is 0 Å². The Hall–Kier alpha value is -2.28. The second-order valence-corrected chi connectivity index (χ2v) is 5.30. The molecule has 0 aliphatic carbocycles. The number of benzene rings is 1. The molecule has 1 aromatic carbocycles. The maximum Gasteiger partial charge on any atom is 0.306 e. The van der Waals surface area contributed by atoms with Crippen LogP contribution in [0.4, 0.5) is 5.13 Å². The highest BCUT2D eigenvalue weighted by Crippen LogP contribution is 2.18. The first-order valence-electron chi connectivity index (χ1n) is 6.41. The minimum absolute atomic E-state index is 0.0462. The number of ether oxygens (including phenoxy) is 1. The van der Waals surface area contributed by atoms with Crippen LogP contribution in [0.2, 0.25) is 0 Å². The summed E-state index contributed by atoms with van der Waals surface area (Å²) in [7, 11) is 0. The molecule has 6 nitrogen and oxygen atoms in total. The van der Waals surface area contributed by atoms with Gasteiger partial charge in [-0.05, 0) is 11.5 Å². The van der Waals surface area contributed by atoms with Gasteiger partial charge in [0, 0.05) is 0 Å². The molecular formula is C14H15N3O3S. The zero-order valence-electron chi connectivity index (χ0n) is 11.5. The van der Waals surface area contributed by atoms with Gasteiger partial charge in [0.1, 0.15) is 5.51 Å². The van der Waals surface area contributed by atoms with Crippen LogP contribution < -0.4 is 5.32 Å². The molecule has 0 bridgehead atoms. The number of esters is 1. The monoisotopic (exact) mass is 305 g/mol. The fourth-order valence-electron chi connectivity index (χ4n) is 1.74.